The summed E-state index contributed by atoms with van der Waals surface area (Å²) in [4.78, 5) is 11.3. The highest BCUT2D eigenvalue weighted by atomic mass is 16.5. The minimum atomic E-state index is -0.684. The number of ether oxygens (including phenoxy) is 3. The van der Waals surface area contributed by atoms with E-state index in [9.17, 15) is 9.90 Å². The van der Waals surface area contributed by atoms with Crippen molar-refractivity contribution < 1.29 is 24.1 Å². The quantitative estimate of drug-likeness (QED) is 0.258. The van der Waals surface area contributed by atoms with Gasteiger partial charge in [0.15, 0.2) is 0 Å². The molecule has 0 radical (unpaired) electrons. The Morgan fingerprint density at radius 2 is 1.89 bits per heavy atom. The lowest BCUT2D eigenvalue weighted by molar-refractivity contribution is -0.140. The molecule has 1 saturated carbocycles. The van der Waals surface area contributed by atoms with Crippen molar-refractivity contribution in [1.29, 1.82) is 0 Å². The first-order chi connectivity index (χ1) is 17.1. The lowest BCUT2D eigenvalue weighted by Gasteiger charge is -2.38. The van der Waals surface area contributed by atoms with Crippen molar-refractivity contribution in [1.82, 2.24) is 0 Å². The van der Waals surface area contributed by atoms with Gasteiger partial charge in [0, 0.05) is 17.8 Å². The predicted molar refractivity (Wildman–Crippen MR) is 136 cm³/mol. The average molecular weight is 477 g/mol. The van der Waals surface area contributed by atoms with Crippen LogP contribution in [0.1, 0.15) is 37.7 Å². The zero-order valence-corrected chi connectivity index (χ0v) is 20.4. The maximum atomic E-state index is 11.3. The van der Waals surface area contributed by atoms with Gasteiger partial charge in [0.05, 0.1) is 19.8 Å². The van der Waals surface area contributed by atoms with Crippen LogP contribution in [0.5, 0.6) is 5.75 Å². The lowest BCUT2D eigenvalue weighted by Crippen LogP contribution is -2.39. The number of carbonyl (C=O) groups excluding carboxylic acids is 1. The number of hydrogen-bond acceptors (Lipinski definition) is 5. The third kappa shape index (κ3) is 6.22. The molecule has 35 heavy (non-hydrogen) atoms. The molecule has 0 spiro atoms. The first-order valence-electron chi connectivity index (χ1n) is 12.6. The number of fused-ring (bicyclic) bond motifs is 2. The van der Waals surface area contributed by atoms with E-state index in [1.165, 1.54) is 12.7 Å². The van der Waals surface area contributed by atoms with E-state index in [-0.39, 0.29) is 30.0 Å². The third-order valence-corrected chi connectivity index (χ3v) is 7.33. The van der Waals surface area contributed by atoms with E-state index in [1.54, 1.807) is 0 Å². The molecule has 1 heterocycles. The van der Waals surface area contributed by atoms with Crippen molar-refractivity contribution in [2.24, 2.45) is 11.8 Å². The summed E-state index contributed by atoms with van der Waals surface area (Å²) < 4.78 is 16.7. The molecule has 0 amide bonds. The van der Waals surface area contributed by atoms with Gasteiger partial charge in [-0.05, 0) is 49.3 Å². The van der Waals surface area contributed by atoms with Crippen molar-refractivity contribution in [2.75, 3.05) is 20.3 Å². The van der Waals surface area contributed by atoms with Crippen LogP contribution in [0.15, 0.2) is 85.0 Å². The van der Waals surface area contributed by atoms with Crippen LogP contribution in [0.4, 0.5) is 0 Å². The molecule has 4 rings (SSSR count). The van der Waals surface area contributed by atoms with Crippen LogP contribution < -0.4 is 4.74 Å². The van der Waals surface area contributed by atoms with Gasteiger partial charge >= 0.3 is 5.97 Å². The fourth-order valence-electron chi connectivity index (χ4n) is 5.53. The highest BCUT2D eigenvalue weighted by molar-refractivity contribution is 5.69. The SMILES string of the molecule is COC(=O)CCC/C=C\C[C@@H]1[C@@H](/C=C/[C@H](O)COc2ccccc2)[C@H]2C[C@]1(c1ccccc1)CO2. The first kappa shape index (κ1) is 25.2. The molecular weight excluding hydrogens is 440 g/mol. The second-order valence-electron chi connectivity index (χ2n) is 9.51. The topological polar surface area (TPSA) is 65.0 Å². The van der Waals surface area contributed by atoms with E-state index < -0.39 is 6.10 Å². The van der Waals surface area contributed by atoms with Crippen LogP contribution in [0.2, 0.25) is 0 Å². The van der Waals surface area contributed by atoms with Crippen molar-refractivity contribution in [2.45, 2.75) is 49.7 Å². The minimum absolute atomic E-state index is 0.0250. The van der Waals surface area contributed by atoms with Gasteiger partial charge < -0.3 is 19.3 Å². The highest BCUT2D eigenvalue weighted by Gasteiger charge is 2.58. The molecule has 5 nitrogen and oxygen atoms in total. The van der Waals surface area contributed by atoms with E-state index in [1.807, 2.05) is 36.4 Å². The number of aliphatic hydroxyl groups excluding tert-OH is 1. The summed E-state index contributed by atoms with van der Waals surface area (Å²) in [6.45, 7) is 0.944. The van der Waals surface area contributed by atoms with E-state index >= 15 is 0 Å². The van der Waals surface area contributed by atoms with Crippen molar-refractivity contribution in [3.05, 3.63) is 90.5 Å². The third-order valence-electron chi connectivity index (χ3n) is 7.33. The van der Waals surface area contributed by atoms with Gasteiger partial charge in [-0.1, -0.05) is 72.8 Å². The molecule has 2 fully saturated rings. The number of methoxy groups -OCH3 is 1. The molecule has 5 heteroatoms. The van der Waals surface area contributed by atoms with Crippen LogP contribution >= 0.6 is 0 Å². The Bertz CT molecular complexity index is 986. The van der Waals surface area contributed by atoms with E-state index in [0.717, 1.165) is 38.0 Å². The van der Waals surface area contributed by atoms with Gasteiger partial charge in [0.2, 0.25) is 0 Å². The standard InChI is InChI=1S/C30H36O5/c1-33-29(32)17-11-3-2-10-16-27-26(19-18-24(31)21-34-25-14-8-5-9-15-25)28-20-30(27,22-35-28)23-12-6-4-7-13-23/h2,4-10,12-15,18-19,24,26-28,31H,3,11,16-17,20-22H2,1H3/b10-2-,19-18+/t24-,26+,27+,28+,30+/m0/s1. The Morgan fingerprint density at radius 1 is 1.14 bits per heavy atom. The molecular formula is C30H36O5. The number of esters is 1. The molecule has 1 aliphatic carbocycles. The summed E-state index contributed by atoms with van der Waals surface area (Å²) in [5.74, 6) is 1.18. The van der Waals surface area contributed by atoms with Crippen LogP contribution in [0, 0.1) is 11.8 Å². The first-order valence-corrected chi connectivity index (χ1v) is 12.6. The number of aliphatic hydroxyl groups is 1. The number of carbonyl (C=O) groups is 1. The number of rotatable bonds is 12. The smallest absolute Gasteiger partial charge is 0.305 e. The molecule has 2 aromatic carbocycles. The molecule has 0 aromatic heterocycles. The predicted octanol–water partition coefficient (Wildman–Crippen LogP) is 5.25. The lowest BCUT2D eigenvalue weighted by atomic mass is 9.69. The van der Waals surface area contributed by atoms with Crippen LogP contribution in [0.25, 0.3) is 0 Å². The summed E-state index contributed by atoms with van der Waals surface area (Å²) >= 11 is 0. The average Bonchev–Trinajstić information content (AvgIpc) is 3.47. The number of unbranched alkanes of at least 4 members (excludes halogenated alkanes) is 1. The molecule has 2 bridgehead atoms. The Morgan fingerprint density at radius 3 is 2.63 bits per heavy atom. The molecule has 1 saturated heterocycles. The number of benzene rings is 2. The summed E-state index contributed by atoms with van der Waals surface area (Å²) in [5, 5.41) is 10.5. The van der Waals surface area contributed by atoms with Crippen molar-refractivity contribution in [3.63, 3.8) is 0 Å². The van der Waals surface area contributed by atoms with Crippen molar-refractivity contribution in [3.8, 4) is 5.75 Å². The monoisotopic (exact) mass is 476 g/mol. The van der Waals surface area contributed by atoms with Crippen molar-refractivity contribution >= 4 is 5.97 Å². The summed E-state index contributed by atoms with van der Waals surface area (Å²) in [7, 11) is 1.43. The van der Waals surface area contributed by atoms with E-state index in [4.69, 9.17) is 14.2 Å². The Kier molecular flexibility index (Phi) is 8.78. The van der Waals surface area contributed by atoms with Gasteiger partial charge in [-0.3, -0.25) is 4.79 Å². The zero-order chi connectivity index (χ0) is 24.5. The molecule has 1 aliphatic heterocycles. The Balaban J connectivity index is 1.43. The van der Waals surface area contributed by atoms with E-state index in [0.29, 0.717) is 12.3 Å². The Hall–Kier alpha value is -2.89. The fourth-order valence-corrected chi connectivity index (χ4v) is 5.53. The number of hydrogen-bond donors (Lipinski definition) is 1. The van der Waals surface area contributed by atoms with Crippen LogP contribution in [0.3, 0.4) is 0 Å². The molecule has 5 atom stereocenters. The van der Waals surface area contributed by atoms with Crippen LogP contribution in [-0.2, 0) is 19.7 Å². The second-order valence-corrected chi connectivity index (χ2v) is 9.51. The second kappa shape index (κ2) is 12.2. The fraction of sp³-hybridized carbons (Fsp3) is 0.433. The molecule has 1 N–H and O–H groups in total. The van der Waals surface area contributed by atoms with Gasteiger partial charge in [-0.25, -0.2) is 0 Å². The highest BCUT2D eigenvalue weighted by Crippen LogP contribution is 2.57. The van der Waals surface area contributed by atoms with Gasteiger partial charge in [0.25, 0.3) is 0 Å². The minimum Gasteiger partial charge on any atom is -0.491 e. The van der Waals surface area contributed by atoms with Crippen LogP contribution in [-0.4, -0.2) is 43.6 Å². The Labute approximate surface area is 208 Å². The number of para-hydroxylation sites is 1. The molecule has 2 aromatic rings. The maximum absolute atomic E-state index is 11.3. The molecule has 0 unspecified atom stereocenters. The van der Waals surface area contributed by atoms with Gasteiger partial charge in [-0.2, -0.15) is 0 Å². The molecule has 186 valence electrons. The number of allylic oxidation sites excluding steroid dienone is 2. The summed E-state index contributed by atoms with van der Waals surface area (Å²) in [6.07, 6.45) is 11.9. The van der Waals surface area contributed by atoms with E-state index in [2.05, 4.69) is 48.6 Å². The van der Waals surface area contributed by atoms with Gasteiger partial charge in [0.1, 0.15) is 18.5 Å². The zero-order valence-electron chi connectivity index (χ0n) is 20.4. The summed E-state index contributed by atoms with van der Waals surface area (Å²) in [6, 6.07) is 20.2. The normalized spacial score (nSPS) is 26.4. The van der Waals surface area contributed by atoms with Gasteiger partial charge in [-0.15, -0.1) is 0 Å². The maximum Gasteiger partial charge on any atom is 0.305 e. The largest absolute Gasteiger partial charge is 0.491 e. The summed E-state index contributed by atoms with van der Waals surface area (Å²) in [5.41, 5.74) is 1.30. The molecule has 2 aliphatic rings.